The number of carbonyl (C=O) groups excluding carboxylic acids is 1. The second-order valence-corrected chi connectivity index (χ2v) is 7.32. The first-order chi connectivity index (χ1) is 11.3. The monoisotopic (exact) mass is 345 g/mol. The molecular formula is C17H16FN3O2S. The number of halogens is 1. The lowest BCUT2D eigenvalue weighted by molar-refractivity contribution is 0.102. The molecule has 1 amide bonds. The third-order valence-electron chi connectivity index (χ3n) is 3.32. The van der Waals surface area contributed by atoms with E-state index in [1.54, 1.807) is 24.3 Å². The second kappa shape index (κ2) is 6.16. The average molecular weight is 345 g/mol. The molecule has 7 heteroatoms. The summed E-state index contributed by atoms with van der Waals surface area (Å²) in [5.74, 6) is 0.286. The van der Waals surface area contributed by atoms with Crippen molar-refractivity contribution in [3.63, 3.8) is 0 Å². The van der Waals surface area contributed by atoms with Gasteiger partial charge in [-0.3, -0.25) is 4.79 Å². The summed E-state index contributed by atoms with van der Waals surface area (Å²) < 4.78 is 19.0. The lowest BCUT2D eigenvalue weighted by atomic mass is 9.93. The van der Waals surface area contributed by atoms with E-state index in [2.05, 4.69) is 15.5 Å². The number of anilines is 1. The molecule has 0 saturated carbocycles. The number of amides is 1. The molecule has 24 heavy (non-hydrogen) atoms. The summed E-state index contributed by atoms with van der Waals surface area (Å²) in [6, 6.07) is 8.01. The summed E-state index contributed by atoms with van der Waals surface area (Å²) in [4.78, 5) is 16.8. The summed E-state index contributed by atoms with van der Waals surface area (Å²) in [6.07, 6.45) is 1.42. The maximum Gasteiger partial charge on any atom is 0.268 e. The van der Waals surface area contributed by atoms with Crippen LogP contribution in [0.25, 0.3) is 10.6 Å². The topological polar surface area (TPSA) is 68.0 Å². The van der Waals surface area contributed by atoms with Crippen LogP contribution in [-0.2, 0) is 5.41 Å². The lowest BCUT2D eigenvalue weighted by Gasteiger charge is -2.11. The molecule has 3 aromatic rings. The molecule has 0 saturated heterocycles. The summed E-state index contributed by atoms with van der Waals surface area (Å²) in [7, 11) is 0. The number of hydrogen-bond donors (Lipinski definition) is 1. The minimum Gasteiger partial charge on any atom is -0.359 e. The van der Waals surface area contributed by atoms with E-state index in [9.17, 15) is 9.18 Å². The van der Waals surface area contributed by atoms with Crippen LogP contribution in [0.15, 0.2) is 41.1 Å². The summed E-state index contributed by atoms with van der Waals surface area (Å²) in [6.45, 7) is 5.97. The molecule has 0 fully saturated rings. The Morgan fingerprint density at radius 1 is 1.29 bits per heavy atom. The number of aromatic nitrogens is 2. The van der Waals surface area contributed by atoms with Crippen LogP contribution >= 0.6 is 11.3 Å². The van der Waals surface area contributed by atoms with Crippen molar-refractivity contribution in [2.45, 2.75) is 26.2 Å². The third kappa shape index (κ3) is 3.35. The first-order valence-corrected chi connectivity index (χ1v) is 8.15. The number of hydrogen-bond acceptors (Lipinski definition) is 5. The molecular weight excluding hydrogens is 329 g/mol. The Hall–Kier alpha value is -2.54. The molecule has 5 nitrogen and oxygen atoms in total. The Bertz CT molecular complexity index is 880. The van der Waals surface area contributed by atoms with Crippen LogP contribution in [0.1, 0.15) is 36.2 Å². The van der Waals surface area contributed by atoms with Crippen LogP contribution in [-0.4, -0.2) is 16.0 Å². The molecule has 0 radical (unpaired) electrons. The van der Waals surface area contributed by atoms with Crippen molar-refractivity contribution in [2.24, 2.45) is 0 Å². The fourth-order valence-electron chi connectivity index (χ4n) is 2.00. The van der Waals surface area contributed by atoms with Crippen molar-refractivity contribution >= 4 is 23.1 Å². The zero-order chi connectivity index (χ0) is 17.3. The van der Waals surface area contributed by atoms with Gasteiger partial charge in [0.05, 0.1) is 6.20 Å². The van der Waals surface area contributed by atoms with Crippen molar-refractivity contribution in [3.05, 3.63) is 53.0 Å². The maximum absolute atomic E-state index is 13.8. The number of benzene rings is 1. The van der Waals surface area contributed by atoms with Gasteiger partial charge >= 0.3 is 0 Å². The first-order valence-electron chi connectivity index (χ1n) is 7.34. The summed E-state index contributed by atoms with van der Waals surface area (Å²) in [5.41, 5.74) is 0.177. The largest absolute Gasteiger partial charge is 0.359 e. The molecule has 2 heterocycles. The summed E-state index contributed by atoms with van der Waals surface area (Å²) >= 11 is 1.12. The van der Waals surface area contributed by atoms with Gasteiger partial charge in [-0.15, -0.1) is 11.3 Å². The smallest absolute Gasteiger partial charge is 0.268 e. The van der Waals surface area contributed by atoms with Gasteiger partial charge in [-0.2, -0.15) is 0 Å². The van der Waals surface area contributed by atoms with Gasteiger partial charge in [0.25, 0.3) is 5.91 Å². The van der Waals surface area contributed by atoms with Gasteiger partial charge in [-0.25, -0.2) is 9.37 Å². The molecule has 3 rings (SSSR count). The van der Waals surface area contributed by atoms with E-state index < -0.39 is 0 Å². The average Bonchev–Trinajstić information content (AvgIpc) is 3.16. The third-order valence-corrected chi connectivity index (χ3v) is 4.35. The fourth-order valence-corrected chi connectivity index (χ4v) is 2.84. The van der Waals surface area contributed by atoms with Gasteiger partial charge in [-0.05, 0) is 12.1 Å². The minimum atomic E-state index is -0.370. The molecule has 0 aliphatic heterocycles. The highest BCUT2D eigenvalue weighted by atomic mass is 32.1. The van der Waals surface area contributed by atoms with Gasteiger partial charge < -0.3 is 9.84 Å². The van der Waals surface area contributed by atoms with E-state index in [1.807, 2.05) is 20.8 Å². The Labute approximate surface area is 142 Å². The Balaban J connectivity index is 1.77. The zero-order valence-corrected chi connectivity index (χ0v) is 14.3. The quantitative estimate of drug-likeness (QED) is 0.759. The molecule has 124 valence electrons. The number of nitrogens with one attached hydrogen (secondary N) is 1. The van der Waals surface area contributed by atoms with E-state index >= 15 is 0 Å². The van der Waals surface area contributed by atoms with Crippen LogP contribution in [0, 0.1) is 5.82 Å². The highest BCUT2D eigenvalue weighted by Crippen LogP contribution is 2.28. The van der Waals surface area contributed by atoms with E-state index in [1.165, 1.54) is 12.3 Å². The van der Waals surface area contributed by atoms with Gasteiger partial charge in [0.15, 0.2) is 5.82 Å². The predicted molar refractivity (Wildman–Crippen MR) is 90.7 cm³/mol. The molecule has 0 aliphatic carbocycles. The number of carbonyl (C=O) groups is 1. The molecule has 0 bridgehead atoms. The van der Waals surface area contributed by atoms with Gasteiger partial charge in [0.1, 0.15) is 21.5 Å². The zero-order valence-electron chi connectivity index (χ0n) is 13.5. The minimum absolute atomic E-state index is 0.196. The van der Waals surface area contributed by atoms with E-state index in [0.29, 0.717) is 27.0 Å². The van der Waals surface area contributed by atoms with E-state index in [4.69, 9.17) is 4.52 Å². The van der Waals surface area contributed by atoms with E-state index in [-0.39, 0.29) is 17.1 Å². The van der Waals surface area contributed by atoms with Crippen LogP contribution in [0.2, 0.25) is 0 Å². The second-order valence-electron chi connectivity index (χ2n) is 6.29. The van der Waals surface area contributed by atoms with E-state index in [0.717, 1.165) is 11.3 Å². The standard InChI is InChI=1S/C17H16FN3O2S/c1-17(2,3)13-8-14(21-23-13)20-15(22)12-9-19-16(24-12)10-6-4-5-7-11(10)18/h4-9H,1-3H3,(H,20,21,22). The van der Waals surface area contributed by atoms with Crippen molar-refractivity contribution in [1.29, 1.82) is 0 Å². The van der Waals surface area contributed by atoms with Crippen LogP contribution in [0.4, 0.5) is 10.2 Å². The number of nitrogens with zero attached hydrogens (tertiary/aromatic N) is 2. The highest BCUT2D eigenvalue weighted by Gasteiger charge is 2.21. The Kier molecular flexibility index (Phi) is 4.19. The fraction of sp³-hybridized carbons (Fsp3) is 0.235. The van der Waals surface area contributed by atoms with Crippen molar-refractivity contribution in [1.82, 2.24) is 10.1 Å². The Morgan fingerprint density at radius 2 is 2.04 bits per heavy atom. The van der Waals surface area contributed by atoms with Crippen LogP contribution < -0.4 is 5.32 Å². The normalized spacial score (nSPS) is 11.5. The summed E-state index contributed by atoms with van der Waals surface area (Å²) in [5, 5.41) is 6.96. The maximum atomic E-state index is 13.8. The molecule has 0 unspecified atom stereocenters. The van der Waals surface area contributed by atoms with Crippen molar-refractivity contribution in [2.75, 3.05) is 5.32 Å². The van der Waals surface area contributed by atoms with Crippen molar-refractivity contribution < 1.29 is 13.7 Å². The molecule has 0 aliphatic rings. The van der Waals surface area contributed by atoms with Crippen molar-refractivity contribution in [3.8, 4) is 10.6 Å². The first kappa shape index (κ1) is 16.3. The highest BCUT2D eigenvalue weighted by molar-refractivity contribution is 7.17. The molecule has 1 aromatic carbocycles. The molecule has 0 spiro atoms. The Morgan fingerprint density at radius 3 is 2.71 bits per heavy atom. The predicted octanol–water partition coefficient (Wildman–Crippen LogP) is 4.49. The number of rotatable bonds is 3. The molecule has 1 N–H and O–H groups in total. The molecule has 0 atom stereocenters. The van der Waals surface area contributed by atoms with Crippen LogP contribution in [0.3, 0.4) is 0 Å². The van der Waals surface area contributed by atoms with Gasteiger partial charge in [0.2, 0.25) is 0 Å². The van der Waals surface area contributed by atoms with Crippen LogP contribution in [0.5, 0.6) is 0 Å². The molecule has 2 aromatic heterocycles. The SMILES string of the molecule is CC(C)(C)c1cc(NC(=O)c2cnc(-c3ccccc3F)s2)no1. The lowest BCUT2D eigenvalue weighted by Crippen LogP contribution is -2.11. The number of thiazole rings is 1. The van der Waals surface area contributed by atoms with Gasteiger partial charge in [0, 0.05) is 17.0 Å². The van der Waals surface area contributed by atoms with Gasteiger partial charge in [-0.1, -0.05) is 38.1 Å².